The third-order valence-corrected chi connectivity index (χ3v) is 3.97. The molecule has 0 aromatic heterocycles. The number of ether oxygens (including phenoxy) is 1. The summed E-state index contributed by atoms with van der Waals surface area (Å²) >= 11 is 0. The molecule has 4 nitrogen and oxygen atoms in total. The summed E-state index contributed by atoms with van der Waals surface area (Å²) in [6.45, 7) is 6.71. The van der Waals surface area contributed by atoms with Gasteiger partial charge in [-0.2, -0.15) is 0 Å². The monoisotopic (exact) mass is 471 g/mol. The Kier molecular flexibility index (Phi) is 8.30. The molecule has 0 amide bonds. The molecule has 0 aliphatic heterocycles. The van der Waals surface area contributed by atoms with Gasteiger partial charge in [-0.15, -0.1) is 37.1 Å². The van der Waals surface area contributed by atoms with Gasteiger partial charge < -0.3 is 15.4 Å². The molecule has 0 saturated heterocycles. The van der Waals surface area contributed by atoms with Crippen LogP contribution in [0.25, 0.3) is 0 Å². The standard InChI is InChI=1S/C17H24F3N3O.HI/c1-4-11(3)22-16(21-5-2)23-14-10-13(14)12-8-6-7-9-15(12)24-17(18,19)20;/h6-9,11,13-14H,4-5,10H2,1-3H3,(H2,21,22,23);1H. The number of rotatable bonds is 6. The summed E-state index contributed by atoms with van der Waals surface area (Å²) in [5, 5.41) is 6.59. The summed E-state index contributed by atoms with van der Waals surface area (Å²) in [7, 11) is 0. The third kappa shape index (κ3) is 6.91. The van der Waals surface area contributed by atoms with Crippen molar-refractivity contribution >= 4 is 29.9 Å². The zero-order chi connectivity index (χ0) is 17.7. The third-order valence-electron chi connectivity index (χ3n) is 3.97. The maximum absolute atomic E-state index is 12.5. The van der Waals surface area contributed by atoms with E-state index in [0.29, 0.717) is 18.1 Å². The first-order valence-electron chi connectivity index (χ1n) is 8.26. The quantitative estimate of drug-likeness (QED) is 0.367. The lowest BCUT2D eigenvalue weighted by Crippen LogP contribution is -2.43. The van der Waals surface area contributed by atoms with E-state index in [4.69, 9.17) is 0 Å². The summed E-state index contributed by atoms with van der Waals surface area (Å²) in [4.78, 5) is 4.39. The minimum absolute atomic E-state index is 0. The maximum Gasteiger partial charge on any atom is 0.573 e. The van der Waals surface area contributed by atoms with Crippen molar-refractivity contribution in [2.24, 2.45) is 4.99 Å². The van der Waals surface area contributed by atoms with Crippen LogP contribution in [-0.2, 0) is 0 Å². The van der Waals surface area contributed by atoms with E-state index in [-0.39, 0.29) is 47.7 Å². The second-order valence-corrected chi connectivity index (χ2v) is 5.96. The lowest BCUT2D eigenvalue weighted by atomic mass is 10.1. The SMILES string of the molecule is CCN=C(NC(C)CC)NC1CC1c1ccccc1OC(F)(F)F.I. The van der Waals surface area contributed by atoms with Crippen LogP contribution in [0.2, 0.25) is 0 Å². The molecule has 3 unspecified atom stereocenters. The van der Waals surface area contributed by atoms with Crippen molar-refractivity contribution in [3.63, 3.8) is 0 Å². The predicted octanol–water partition coefficient (Wildman–Crippen LogP) is 4.41. The number of nitrogens with one attached hydrogen (secondary N) is 2. The van der Waals surface area contributed by atoms with E-state index in [0.717, 1.165) is 12.8 Å². The molecule has 1 aliphatic rings. The summed E-state index contributed by atoms with van der Waals surface area (Å²) in [6.07, 6.45) is -2.97. The Hall–Kier alpha value is -1.19. The fourth-order valence-corrected chi connectivity index (χ4v) is 2.50. The molecule has 1 aromatic carbocycles. The van der Waals surface area contributed by atoms with Gasteiger partial charge in [-0.3, -0.25) is 4.99 Å². The smallest absolute Gasteiger partial charge is 0.405 e. The fourth-order valence-electron chi connectivity index (χ4n) is 2.50. The summed E-state index contributed by atoms with van der Waals surface area (Å²) in [5.41, 5.74) is 0.576. The van der Waals surface area contributed by atoms with E-state index < -0.39 is 6.36 Å². The highest BCUT2D eigenvalue weighted by Gasteiger charge is 2.42. The molecule has 1 saturated carbocycles. The summed E-state index contributed by atoms with van der Waals surface area (Å²) in [6, 6.07) is 6.66. The molecule has 2 N–H and O–H groups in total. The van der Waals surface area contributed by atoms with E-state index in [9.17, 15) is 13.2 Å². The van der Waals surface area contributed by atoms with Crippen LogP contribution in [0, 0.1) is 0 Å². The van der Waals surface area contributed by atoms with Crippen LogP contribution in [0.4, 0.5) is 13.2 Å². The molecule has 8 heteroatoms. The Labute approximate surface area is 163 Å². The first-order chi connectivity index (χ1) is 11.3. The van der Waals surface area contributed by atoms with Crippen molar-refractivity contribution in [1.82, 2.24) is 10.6 Å². The number of halogens is 4. The lowest BCUT2D eigenvalue weighted by Gasteiger charge is -2.17. The molecule has 0 bridgehead atoms. The second-order valence-electron chi connectivity index (χ2n) is 5.96. The van der Waals surface area contributed by atoms with Crippen molar-refractivity contribution in [3.8, 4) is 5.75 Å². The van der Waals surface area contributed by atoms with Gasteiger partial charge in [0, 0.05) is 24.5 Å². The highest BCUT2D eigenvalue weighted by molar-refractivity contribution is 14.0. The van der Waals surface area contributed by atoms with Gasteiger partial charge in [0.25, 0.3) is 0 Å². The van der Waals surface area contributed by atoms with E-state index in [1.165, 1.54) is 6.07 Å². The van der Waals surface area contributed by atoms with Gasteiger partial charge in [0.05, 0.1) is 0 Å². The van der Waals surface area contributed by atoms with Gasteiger partial charge in [-0.25, -0.2) is 0 Å². The van der Waals surface area contributed by atoms with Gasteiger partial charge in [0.15, 0.2) is 5.96 Å². The molecule has 0 heterocycles. The second kappa shape index (κ2) is 9.49. The number of para-hydroxylation sites is 1. The molecule has 0 spiro atoms. The van der Waals surface area contributed by atoms with Gasteiger partial charge >= 0.3 is 6.36 Å². The zero-order valence-corrected chi connectivity index (χ0v) is 16.9. The molecule has 1 fully saturated rings. The van der Waals surface area contributed by atoms with Crippen molar-refractivity contribution in [2.45, 2.75) is 58.0 Å². The van der Waals surface area contributed by atoms with Gasteiger partial charge in [-0.05, 0) is 38.3 Å². The normalized spacial score (nSPS) is 21.1. The highest BCUT2D eigenvalue weighted by Crippen LogP contribution is 2.45. The summed E-state index contributed by atoms with van der Waals surface area (Å²) in [5.74, 6) is 0.570. The van der Waals surface area contributed by atoms with Crippen molar-refractivity contribution in [3.05, 3.63) is 29.8 Å². The molecule has 142 valence electrons. The van der Waals surface area contributed by atoms with Crippen LogP contribution < -0.4 is 15.4 Å². The maximum atomic E-state index is 12.5. The Bertz CT molecular complexity index is 581. The summed E-state index contributed by atoms with van der Waals surface area (Å²) < 4.78 is 41.7. The number of hydrogen-bond acceptors (Lipinski definition) is 2. The molecule has 1 aromatic rings. The molecular formula is C17H25F3IN3O. The van der Waals surface area contributed by atoms with Crippen LogP contribution in [0.3, 0.4) is 0 Å². The zero-order valence-electron chi connectivity index (χ0n) is 14.6. The topological polar surface area (TPSA) is 45.7 Å². The van der Waals surface area contributed by atoms with Crippen LogP contribution in [-0.4, -0.2) is 31.0 Å². The number of hydrogen-bond donors (Lipinski definition) is 2. The number of alkyl halides is 3. The number of benzene rings is 1. The average molecular weight is 471 g/mol. The number of guanidine groups is 1. The Morgan fingerprint density at radius 3 is 2.60 bits per heavy atom. The number of aliphatic imine (C=N–C) groups is 1. The minimum atomic E-state index is -4.68. The van der Waals surface area contributed by atoms with Crippen LogP contribution in [0.5, 0.6) is 5.75 Å². The molecular weight excluding hydrogens is 446 g/mol. The fraction of sp³-hybridized carbons (Fsp3) is 0.588. The van der Waals surface area contributed by atoms with Crippen molar-refractivity contribution in [1.29, 1.82) is 0 Å². The van der Waals surface area contributed by atoms with E-state index in [1.807, 2.05) is 6.92 Å². The molecule has 3 atom stereocenters. The first kappa shape index (κ1) is 21.9. The van der Waals surface area contributed by atoms with Gasteiger partial charge in [0.2, 0.25) is 0 Å². The van der Waals surface area contributed by atoms with E-state index in [2.05, 4.69) is 34.2 Å². The minimum Gasteiger partial charge on any atom is -0.405 e. The van der Waals surface area contributed by atoms with Crippen LogP contribution in [0.1, 0.15) is 45.1 Å². The van der Waals surface area contributed by atoms with E-state index in [1.54, 1.807) is 18.2 Å². The van der Waals surface area contributed by atoms with Crippen molar-refractivity contribution < 1.29 is 17.9 Å². The molecule has 0 radical (unpaired) electrons. The Balaban J connectivity index is 0.00000312. The van der Waals surface area contributed by atoms with Gasteiger partial charge in [0.1, 0.15) is 5.75 Å². The van der Waals surface area contributed by atoms with Crippen molar-refractivity contribution in [2.75, 3.05) is 6.54 Å². The molecule has 1 aliphatic carbocycles. The first-order valence-corrected chi connectivity index (χ1v) is 8.26. The lowest BCUT2D eigenvalue weighted by molar-refractivity contribution is -0.274. The predicted molar refractivity (Wildman–Crippen MR) is 104 cm³/mol. The Morgan fingerprint density at radius 1 is 1.32 bits per heavy atom. The largest absolute Gasteiger partial charge is 0.573 e. The van der Waals surface area contributed by atoms with Crippen LogP contribution in [0.15, 0.2) is 29.3 Å². The molecule has 2 rings (SSSR count). The number of nitrogens with zero attached hydrogens (tertiary/aromatic N) is 1. The average Bonchev–Trinajstić information content (AvgIpc) is 3.25. The highest BCUT2D eigenvalue weighted by atomic mass is 127. The van der Waals surface area contributed by atoms with E-state index >= 15 is 0 Å². The van der Waals surface area contributed by atoms with Gasteiger partial charge in [-0.1, -0.05) is 25.1 Å². The van der Waals surface area contributed by atoms with Crippen LogP contribution >= 0.6 is 24.0 Å². The molecule has 25 heavy (non-hydrogen) atoms. The Morgan fingerprint density at radius 2 is 2.00 bits per heavy atom.